The van der Waals surface area contributed by atoms with E-state index in [0.29, 0.717) is 10.8 Å². The number of ether oxygens (including phenoxy) is 1. The largest absolute Gasteiger partial charge is 0.434 e. The molecule has 0 saturated carbocycles. The maximum atomic E-state index is 11.0. The highest BCUT2D eigenvalue weighted by Crippen LogP contribution is 2.33. The SMILES string of the molecule is Cc1cc(Oc2nc(N)nc(C)c2[N+](=O)[O-])ccc1Cl. The summed E-state index contributed by atoms with van der Waals surface area (Å²) in [5, 5.41) is 11.6. The van der Waals surface area contributed by atoms with Crippen molar-refractivity contribution in [1.29, 1.82) is 0 Å². The first-order valence-corrected chi connectivity index (χ1v) is 5.99. The van der Waals surface area contributed by atoms with Gasteiger partial charge in [0.25, 0.3) is 0 Å². The minimum absolute atomic E-state index is 0.0891. The summed E-state index contributed by atoms with van der Waals surface area (Å²) >= 11 is 5.91. The third kappa shape index (κ3) is 2.77. The molecule has 0 bridgehead atoms. The number of benzene rings is 1. The van der Waals surface area contributed by atoms with Crippen LogP contribution in [0.25, 0.3) is 0 Å². The van der Waals surface area contributed by atoms with E-state index in [0.717, 1.165) is 5.56 Å². The number of hydrogen-bond donors (Lipinski definition) is 1. The molecule has 2 aromatic rings. The Morgan fingerprint density at radius 1 is 1.35 bits per heavy atom. The highest BCUT2D eigenvalue weighted by Gasteiger charge is 2.23. The first kappa shape index (κ1) is 14.0. The molecule has 2 N–H and O–H groups in total. The lowest BCUT2D eigenvalue weighted by atomic mass is 10.2. The van der Waals surface area contributed by atoms with Crippen molar-refractivity contribution in [2.75, 3.05) is 5.73 Å². The summed E-state index contributed by atoms with van der Waals surface area (Å²) in [6.07, 6.45) is 0. The van der Waals surface area contributed by atoms with Gasteiger partial charge in [-0.15, -0.1) is 0 Å². The molecular formula is C12H11ClN4O3. The quantitative estimate of drug-likeness (QED) is 0.689. The van der Waals surface area contributed by atoms with Crippen molar-refractivity contribution in [3.05, 3.63) is 44.6 Å². The molecule has 0 atom stereocenters. The monoisotopic (exact) mass is 294 g/mol. The predicted molar refractivity (Wildman–Crippen MR) is 74.1 cm³/mol. The first-order valence-electron chi connectivity index (χ1n) is 5.61. The third-order valence-electron chi connectivity index (χ3n) is 2.57. The van der Waals surface area contributed by atoms with E-state index in [-0.39, 0.29) is 23.2 Å². The lowest BCUT2D eigenvalue weighted by Crippen LogP contribution is -2.04. The standard InChI is InChI=1S/C12H11ClN4O3/c1-6-5-8(3-4-9(6)13)20-11-10(17(18)19)7(2)15-12(14)16-11/h3-5H,1-2H3,(H2,14,15,16). The Morgan fingerprint density at radius 3 is 2.65 bits per heavy atom. The second-order valence-electron chi connectivity index (χ2n) is 4.09. The number of aromatic nitrogens is 2. The van der Waals surface area contributed by atoms with Crippen LogP contribution in [-0.2, 0) is 0 Å². The first-order chi connectivity index (χ1) is 9.38. The molecule has 0 aliphatic heterocycles. The molecule has 0 spiro atoms. The van der Waals surface area contributed by atoms with E-state index in [9.17, 15) is 10.1 Å². The van der Waals surface area contributed by atoms with Gasteiger partial charge in [0.2, 0.25) is 5.95 Å². The van der Waals surface area contributed by atoms with Gasteiger partial charge < -0.3 is 10.5 Å². The summed E-state index contributed by atoms with van der Waals surface area (Å²) < 4.78 is 5.44. The molecule has 0 radical (unpaired) electrons. The molecule has 0 fully saturated rings. The molecule has 0 amide bonds. The summed E-state index contributed by atoms with van der Waals surface area (Å²) in [5.74, 6) is 0.100. The number of nitrogens with zero attached hydrogens (tertiary/aromatic N) is 3. The zero-order valence-corrected chi connectivity index (χ0v) is 11.5. The minimum Gasteiger partial charge on any atom is -0.434 e. The Hall–Kier alpha value is -2.41. The maximum Gasteiger partial charge on any atom is 0.352 e. The van der Waals surface area contributed by atoms with E-state index >= 15 is 0 Å². The van der Waals surface area contributed by atoms with E-state index in [1.54, 1.807) is 25.1 Å². The average molecular weight is 295 g/mol. The second-order valence-corrected chi connectivity index (χ2v) is 4.50. The highest BCUT2D eigenvalue weighted by atomic mass is 35.5. The number of rotatable bonds is 3. The molecule has 0 aliphatic carbocycles. The van der Waals surface area contributed by atoms with Crippen molar-refractivity contribution in [3.63, 3.8) is 0 Å². The number of anilines is 1. The molecular weight excluding hydrogens is 284 g/mol. The van der Waals surface area contributed by atoms with Crippen LogP contribution < -0.4 is 10.5 Å². The van der Waals surface area contributed by atoms with Crippen molar-refractivity contribution < 1.29 is 9.66 Å². The smallest absolute Gasteiger partial charge is 0.352 e. The molecule has 1 aromatic carbocycles. The molecule has 0 aliphatic rings. The van der Waals surface area contributed by atoms with Crippen LogP contribution in [-0.4, -0.2) is 14.9 Å². The minimum atomic E-state index is -0.604. The van der Waals surface area contributed by atoms with Gasteiger partial charge in [0.15, 0.2) is 0 Å². The fourth-order valence-electron chi connectivity index (χ4n) is 1.64. The number of aryl methyl sites for hydroxylation is 2. The van der Waals surface area contributed by atoms with Crippen LogP contribution in [0.1, 0.15) is 11.3 Å². The van der Waals surface area contributed by atoms with Crippen LogP contribution >= 0.6 is 11.6 Å². The summed E-state index contributed by atoms with van der Waals surface area (Å²) in [7, 11) is 0. The normalized spacial score (nSPS) is 10.3. The van der Waals surface area contributed by atoms with Crippen molar-refractivity contribution in [1.82, 2.24) is 9.97 Å². The van der Waals surface area contributed by atoms with Crippen LogP contribution in [0.5, 0.6) is 11.6 Å². The van der Waals surface area contributed by atoms with E-state index in [1.165, 1.54) is 6.92 Å². The zero-order valence-electron chi connectivity index (χ0n) is 10.8. The van der Waals surface area contributed by atoms with Gasteiger partial charge >= 0.3 is 11.6 Å². The highest BCUT2D eigenvalue weighted by molar-refractivity contribution is 6.31. The third-order valence-corrected chi connectivity index (χ3v) is 2.99. The maximum absolute atomic E-state index is 11.0. The van der Waals surface area contributed by atoms with E-state index in [4.69, 9.17) is 22.1 Å². The fourth-order valence-corrected chi connectivity index (χ4v) is 1.75. The lowest BCUT2D eigenvalue weighted by Gasteiger charge is -2.08. The number of nitrogen functional groups attached to an aromatic ring is 1. The van der Waals surface area contributed by atoms with Gasteiger partial charge in [0, 0.05) is 5.02 Å². The zero-order chi connectivity index (χ0) is 14.9. The lowest BCUT2D eigenvalue weighted by molar-refractivity contribution is -0.386. The van der Waals surface area contributed by atoms with Crippen LogP contribution in [0, 0.1) is 24.0 Å². The molecule has 1 heterocycles. The Kier molecular flexibility index (Phi) is 3.71. The Bertz CT molecular complexity index is 691. The van der Waals surface area contributed by atoms with Gasteiger partial charge in [-0.05, 0) is 37.6 Å². The number of hydrogen-bond acceptors (Lipinski definition) is 6. The van der Waals surface area contributed by atoms with Crippen LogP contribution in [0.2, 0.25) is 5.02 Å². The summed E-state index contributed by atoms with van der Waals surface area (Å²) in [6.45, 7) is 3.26. The van der Waals surface area contributed by atoms with Gasteiger partial charge in [0.1, 0.15) is 11.4 Å². The van der Waals surface area contributed by atoms with Gasteiger partial charge in [-0.1, -0.05) is 11.6 Å². The van der Waals surface area contributed by atoms with E-state index in [2.05, 4.69) is 9.97 Å². The van der Waals surface area contributed by atoms with Crippen molar-refractivity contribution in [2.24, 2.45) is 0 Å². The average Bonchev–Trinajstić information content (AvgIpc) is 2.32. The Morgan fingerprint density at radius 2 is 2.05 bits per heavy atom. The summed E-state index contributed by atoms with van der Waals surface area (Å²) in [5.41, 5.74) is 6.10. The van der Waals surface area contributed by atoms with Crippen LogP contribution in [0.4, 0.5) is 11.6 Å². The molecule has 1 aromatic heterocycles. The van der Waals surface area contributed by atoms with Crippen molar-refractivity contribution in [3.8, 4) is 11.6 Å². The topological polar surface area (TPSA) is 104 Å². The Balaban J connectivity index is 2.47. The molecule has 7 nitrogen and oxygen atoms in total. The van der Waals surface area contributed by atoms with Gasteiger partial charge in [-0.2, -0.15) is 4.98 Å². The summed E-state index contributed by atoms with van der Waals surface area (Å²) in [4.78, 5) is 18.0. The number of nitrogens with two attached hydrogens (primary N) is 1. The van der Waals surface area contributed by atoms with Gasteiger partial charge in [-0.3, -0.25) is 10.1 Å². The predicted octanol–water partition coefficient (Wildman–Crippen LogP) is 3.03. The van der Waals surface area contributed by atoms with Gasteiger partial charge in [0.05, 0.1) is 4.92 Å². The van der Waals surface area contributed by atoms with E-state index < -0.39 is 4.92 Å². The van der Waals surface area contributed by atoms with Crippen LogP contribution in [0.3, 0.4) is 0 Å². The fraction of sp³-hybridized carbons (Fsp3) is 0.167. The molecule has 0 unspecified atom stereocenters. The Labute approximate surface area is 119 Å². The molecule has 104 valence electrons. The molecule has 20 heavy (non-hydrogen) atoms. The second kappa shape index (κ2) is 5.30. The van der Waals surface area contributed by atoms with E-state index in [1.807, 2.05) is 0 Å². The summed E-state index contributed by atoms with van der Waals surface area (Å²) in [6, 6.07) is 4.88. The molecule has 8 heteroatoms. The molecule has 0 saturated heterocycles. The van der Waals surface area contributed by atoms with Crippen molar-refractivity contribution in [2.45, 2.75) is 13.8 Å². The molecule has 2 rings (SSSR count). The van der Waals surface area contributed by atoms with Gasteiger partial charge in [-0.25, -0.2) is 4.98 Å². The number of halogens is 1. The van der Waals surface area contributed by atoms with Crippen LogP contribution in [0.15, 0.2) is 18.2 Å². The number of nitro groups is 1. The van der Waals surface area contributed by atoms with Crippen molar-refractivity contribution >= 4 is 23.2 Å².